The molecule has 3 aromatic rings. The maximum absolute atomic E-state index is 12.7. The largest absolute Gasteiger partial charge is 0.320 e. The molecule has 0 fully saturated rings. The van der Waals surface area contributed by atoms with E-state index in [1.165, 1.54) is 0 Å². The van der Waals surface area contributed by atoms with Crippen LogP contribution in [-0.4, -0.2) is 20.3 Å². The number of halogens is 2. The number of carbonyl (C=O) groups excluding carboxylic acids is 1. The van der Waals surface area contributed by atoms with Crippen LogP contribution >= 0.6 is 23.2 Å². The highest BCUT2D eigenvalue weighted by Gasteiger charge is 2.20. The van der Waals surface area contributed by atoms with Crippen molar-refractivity contribution in [1.29, 1.82) is 0 Å². The third kappa shape index (κ3) is 2.92. The SMILES string of the molecule is Cc1ccc(C)n1-c1c(C(=O)Nc2ccc(Cl)cc2Cl)cnn1C. The van der Waals surface area contributed by atoms with Crippen molar-refractivity contribution in [2.45, 2.75) is 13.8 Å². The lowest BCUT2D eigenvalue weighted by Crippen LogP contribution is -2.16. The summed E-state index contributed by atoms with van der Waals surface area (Å²) in [6, 6.07) is 8.93. The van der Waals surface area contributed by atoms with Gasteiger partial charge in [0.2, 0.25) is 0 Å². The first-order valence-corrected chi connectivity index (χ1v) is 8.08. The summed E-state index contributed by atoms with van der Waals surface area (Å²) in [7, 11) is 1.81. The Labute approximate surface area is 149 Å². The van der Waals surface area contributed by atoms with E-state index in [4.69, 9.17) is 23.2 Å². The van der Waals surface area contributed by atoms with Gasteiger partial charge in [-0.1, -0.05) is 23.2 Å². The van der Waals surface area contributed by atoms with Gasteiger partial charge in [-0.3, -0.25) is 9.48 Å². The van der Waals surface area contributed by atoms with Gasteiger partial charge in [0.25, 0.3) is 5.91 Å². The summed E-state index contributed by atoms with van der Waals surface area (Å²) in [4.78, 5) is 12.7. The molecule has 5 nitrogen and oxygen atoms in total. The fourth-order valence-electron chi connectivity index (χ4n) is 2.64. The predicted molar refractivity (Wildman–Crippen MR) is 96.4 cm³/mol. The summed E-state index contributed by atoms with van der Waals surface area (Å²) in [5, 5.41) is 7.94. The number of benzene rings is 1. The molecule has 0 unspecified atom stereocenters. The van der Waals surface area contributed by atoms with Crippen LogP contribution in [0.5, 0.6) is 0 Å². The highest BCUT2D eigenvalue weighted by atomic mass is 35.5. The van der Waals surface area contributed by atoms with Crippen LogP contribution in [0.25, 0.3) is 5.82 Å². The van der Waals surface area contributed by atoms with Gasteiger partial charge in [0.05, 0.1) is 16.9 Å². The molecule has 0 aliphatic heterocycles. The molecule has 0 atom stereocenters. The van der Waals surface area contributed by atoms with Crippen molar-refractivity contribution < 1.29 is 4.79 Å². The Kier molecular flexibility index (Phi) is 4.39. The van der Waals surface area contributed by atoms with E-state index >= 15 is 0 Å². The zero-order valence-electron chi connectivity index (χ0n) is 13.5. The van der Waals surface area contributed by atoms with Gasteiger partial charge in [0.1, 0.15) is 11.4 Å². The maximum atomic E-state index is 12.7. The number of rotatable bonds is 3. The Morgan fingerprint density at radius 2 is 1.79 bits per heavy atom. The molecular formula is C17H16Cl2N4O. The first kappa shape index (κ1) is 16.6. The van der Waals surface area contributed by atoms with Crippen molar-refractivity contribution in [3.63, 3.8) is 0 Å². The monoisotopic (exact) mass is 362 g/mol. The molecular weight excluding hydrogens is 347 g/mol. The summed E-state index contributed by atoms with van der Waals surface area (Å²) in [5.74, 6) is 0.424. The number of nitrogens with one attached hydrogen (secondary N) is 1. The highest BCUT2D eigenvalue weighted by Crippen LogP contribution is 2.27. The van der Waals surface area contributed by atoms with E-state index in [9.17, 15) is 4.79 Å². The fourth-order valence-corrected chi connectivity index (χ4v) is 3.10. The molecule has 7 heteroatoms. The molecule has 0 aliphatic rings. The number of hydrogen-bond donors (Lipinski definition) is 1. The van der Waals surface area contributed by atoms with E-state index in [0.29, 0.717) is 27.1 Å². The Morgan fingerprint density at radius 1 is 1.12 bits per heavy atom. The van der Waals surface area contributed by atoms with E-state index < -0.39 is 0 Å². The van der Waals surface area contributed by atoms with E-state index in [-0.39, 0.29) is 5.91 Å². The van der Waals surface area contributed by atoms with Gasteiger partial charge in [-0.25, -0.2) is 0 Å². The maximum Gasteiger partial charge on any atom is 0.261 e. The highest BCUT2D eigenvalue weighted by molar-refractivity contribution is 6.36. The van der Waals surface area contributed by atoms with Crippen LogP contribution in [0.3, 0.4) is 0 Å². The molecule has 1 aromatic carbocycles. The molecule has 2 aromatic heterocycles. The second kappa shape index (κ2) is 6.34. The number of nitrogens with zero attached hydrogens (tertiary/aromatic N) is 3. The second-order valence-electron chi connectivity index (χ2n) is 5.54. The summed E-state index contributed by atoms with van der Waals surface area (Å²) in [6.45, 7) is 3.97. The van der Waals surface area contributed by atoms with Crippen LogP contribution in [0.1, 0.15) is 21.7 Å². The zero-order valence-corrected chi connectivity index (χ0v) is 15.0. The number of amides is 1. The van der Waals surface area contributed by atoms with Crippen LogP contribution in [0, 0.1) is 13.8 Å². The van der Waals surface area contributed by atoms with Crippen molar-refractivity contribution in [2.24, 2.45) is 7.05 Å². The summed E-state index contributed by atoms with van der Waals surface area (Å²) < 4.78 is 3.67. The number of anilines is 1. The van der Waals surface area contributed by atoms with E-state index in [1.807, 2.05) is 30.5 Å². The molecule has 1 amide bonds. The lowest BCUT2D eigenvalue weighted by Gasteiger charge is -2.13. The lowest BCUT2D eigenvalue weighted by atomic mass is 10.2. The van der Waals surface area contributed by atoms with Crippen molar-refractivity contribution in [1.82, 2.24) is 14.3 Å². The Hall–Kier alpha value is -2.24. The summed E-state index contributed by atoms with van der Waals surface area (Å²) in [6.07, 6.45) is 1.55. The number of hydrogen-bond acceptors (Lipinski definition) is 2. The Bertz CT molecular complexity index is 907. The average Bonchev–Trinajstić information content (AvgIpc) is 3.05. The Balaban J connectivity index is 2.00. The van der Waals surface area contributed by atoms with Crippen LogP contribution in [0.15, 0.2) is 36.5 Å². The number of carbonyl (C=O) groups is 1. The van der Waals surface area contributed by atoms with Crippen molar-refractivity contribution in [3.8, 4) is 5.82 Å². The molecule has 0 radical (unpaired) electrons. The molecule has 0 aliphatic carbocycles. The third-order valence-electron chi connectivity index (χ3n) is 3.81. The van der Waals surface area contributed by atoms with Crippen LogP contribution in [-0.2, 0) is 7.05 Å². The van der Waals surface area contributed by atoms with E-state index in [1.54, 1.807) is 36.1 Å². The summed E-state index contributed by atoms with van der Waals surface area (Å²) in [5.41, 5.74) is 3.01. The van der Waals surface area contributed by atoms with Gasteiger partial charge < -0.3 is 9.88 Å². The number of aromatic nitrogens is 3. The zero-order chi connectivity index (χ0) is 17.4. The van der Waals surface area contributed by atoms with Crippen molar-refractivity contribution in [3.05, 3.63) is 63.5 Å². The van der Waals surface area contributed by atoms with Crippen molar-refractivity contribution in [2.75, 3.05) is 5.32 Å². The van der Waals surface area contributed by atoms with Gasteiger partial charge in [0, 0.05) is 23.5 Å². The predicted octanol–water partition coefficient (Wildman–Crippen LogP) is 4.39. The van der Waals surface area contributed by atoms with E-state index in [2.05, 4.69) is 10.4 Å². The molecule has 0 spiro atoms. The van der Waals surface area contributed by atoms with Gasteiger partial charge in [-0.2, -0.15) is 5.10 Å². The van der Waals surface area contributed by atoms with Crippen LogP contribution in [0.2, 0.25) is 10.0 Å². The lowest BCUT2D eigenvalue weighted by molar-refractivity contribution is 0.102. The first-order chi connectivity index (χ1) is 11.4. The quantitative estimate of drug-likeness (QED) is 0.751. The molecule has 0 saturated heterocycles. The third-order valence-corrected chi connectivity index (χ3v) is 4.36. The van der Waals surface area contributed by atoms with Gasteiger partial charge in [-0.05, 0) is 44.2 Å². The smallest absolute Gasteiger partial charge is 0.261 e. The molecule has 0 bridgehead atoms. The van der Waals surface area contributed by atoms with Crippen LogP contribution in [0.4, 0.5) is 5.69 Å². The molecule has 24 heavy (non-hydrogen) atoms. The van der Waals surface area contributed by atoms with E-state index in [0.717, 1.165) is 11.4 Å². The minimum atomic E-state index is -0.283. The fraction of sp³-hybridized carbons (Fsp3) is 0.176. The standard InChI is InChI=1S/C17H16Cl2N4O/c1-10-4-5-11(2)23(10)17-13(9-20-22(17)3)16(24)21-15-7-6-12(18)8-14(15)19/h4-9H,1-3H3,(H,21,24). The van der Waals surface area contributed by atoms with Gasteiger partial charge in [-0.15, -0.1) is 0 Å². The van der Waals surface area contributed by atoms with Gasteiger partial charge >= 0.3 is 0 Å². The molecule has 3 rings (SSSR count). The van der Waals surface area contributed by atoms with Crippen LogP contribution < -0.4 is 5.32 Å². The number of aryl methyl sites for hydroxylation is 3. The average molecular weight is 363 g/mol. The molecule has 2 heterocycles. The minimum Gasteiger partial charge on any atom is -0.320 e. The van der Waals surface area contributed by atoms with Gasteiger partial charge in [0.15, 0.2) is 0 Å². The minimum absolute atomic E-state index is 0.283. The molecule has 0 saturated carbocycles. The molecule has 124 valence electrons. The first-order valence-electron chi connectivity index (χ1n) is 7.32. The Morgan fingerprint density at radius 3 is 2.42 bits per heavy atom. The van der Waals surface area contributed by atoms with Crippen molar-refractivity contribution >= 4 is 34.8 Å². The normalized spacial score (nSPS) is 10.9. The topological polar surface area (TPSA) is 51.9 Å². The molecule has 1 N–H and O–H groups in total. The summed E-state index contributed by atoms with van der Waals surface area (Å²) >= 11 is 12.0. The second-order valence-corrected chi connectivity index (χ2v) is 6.38.